The second-order valence-corrected chi connectivity index (χ2v) is 6.48. The van der Waals surface area contributed by atoms with Gasteiger partial charge in [-0.2, -0.15) is 0 Å². The van der Waals surface area contributed by atoms with Gasteiger partial charge in [-0.05, 0) is 24.1 Å². The molecule has 1 aliphatic rings. The van der Waals surface area contributed by atoms with E-state index in [2.05, 4.69) is 16.4 Å². The minimum atomic E-state index is -0.111. The summed E-state index contributed by atoms with van der Waals surface area (Å²) in [4.78, 5) is 15.8. The summed E-state index contributed by atoms with van der Waals surface area (Å²) in [6.45, 7) is 2.95. The third-order valence-electron chi connectivity index (χ3n) is 4.76. The van der Waals surface area contributed by atoms with Gasteiger partial charge in [0.25, 0.3) is 0 Å². The maximum Gasteiger partial charge on any atom is 0.231 e. The van der Waals surface area contributed by atoms with E-state index in [1.807, 2.05) is 49.5 Å². The molecule has 2 aromatic carbocycles. The maximum atomic E-state index is 12.5. The fourth-order valence-electron chi connectivity index (χ4n) is 3.52. The van der Waals surface area contributed by atoms with E-state index >= 15 is 0 Å². The molecule has 1 aromatic heterocycles. The SMILES string of the molecule is CCCNC(=O)CC(c1cccc2c1OCO2)c1c[nH]c2ccccc12. The van der Waals surface area contributed by atoms with E-state index in [1.54, 1.807) is 0 Å². The molecule has 2 N–H and O–H groups in total. The number of fused-ring (bicyclic) bond motifs is 2. The van der Waals surface area contributed by atoms with Crippen LogP contribution in [0.1, 0.15) is 36.8 Å². The van der Waals surface area contributed by atoms with Crippen LogP contribution in [0.3, 0.4) is 0 Å². The Balaban J connectivity index is 1.78. The van der Waals surface area contributed by atoms with Crippen molar-refractivity contribution in [1.82, 2.24) is 10.3 Å². The third-order valence-corrected chi connectivity index (χ3v) is 4.76. The Labute approximate surface area is 152 Å². The molecule has 0 saturated heterocycles. The Hall–Kier alpha value is -2.95. The minimum absolute atomic E-state index is 0.0404. The highest BCUT2D eigenvalue weighted by Gasteiger charge is 2.28. The van der Waals surface area contributed by atoms with Crippen LogP contribution in [0.15, 0.2) is 48.7 Å². The average molecular weight is 350 g/mol. The van der Waals surface area contributed by atoms with Gasteiger partial charge in [-0.25, -0.2) is 0 Å². The molecule has 1 unspecified atom stereocenters. The summed E-state index contributed by atoms with van der Waals surface area (Å²) in [6, 6.07) is 14.0. The minimum Gasteiger partial charge on any atom is -0.454 e. The molecule has 0 spiro atoms. The Morgan fingerprint density at radius 3 is 2.92 bits per heavy atom. The van der Waals surface area contributed by atoms with Crippen LogP contribution < -0.4 is 14.8 Å². The molecule has 0 fully saturated rings. The molecular weight excluding hydrogens is 328 g/mol. The third kappa shape index (κ3) is 3.01. The summed E-state index contributed by atoms with van der Waals surface area (Å²) < 4.78 is 11.3. The van der Waals surface area contributed by atoms with E-state index in [-0.39, 0.29) is 18.6 Å². The zero-order valence-corrected chi connectivity index (χ0v) is 14.7. The molecule has 0 aliphatic carbocycles. The van der Waals surface area contributed by atoms with Crippen LogP contribution in [0, 0.1) is 0 Å². The molecule has 4 rings (SSSR count). The van der Waals surface area contributed by atoms with Gasteiger partial charge < -0.3 is 19.8 Å². The maximum absolute atomic E-state index is 12.5. The zero-order chi connectivity index (χ0) is 17.9. The summed E-state index contributed by atoms with van der Waals surface area (Å²) in [5.41, 5.74) is 3.14. The van der Waals surface area contributed by atoms with Gasteiger partial charge in [0.05, 0.1) is 0 Å². The van der Waals surface area contributed by atoms with Gasteiger partial charge >= 0.3 is 0 Å². The van der Waals surface area contributed by atoms with E-state index in [0.29, 0.717) is 13.0 Å². The predicted molar refractivity (Wildman–Crippen MR) is 101 cm³/mol. The number of benzene rings is 2. The topological polar surface area (TPSA) is 63.4 Å². The van der Waals surface area contributed by atoms with Gasteiger partial charge in [-0.3, -0.25) is 4.79 Å². The first kappa shape index (κ1) is 16.5. The summed E-state index contributed by atoms with van der Waals surface area (Å²) in [5.74, 6) is 1.41. The molecule has 1 atom stereocenters. The molecule has 0 saturated carbocycles. The molecule has 1 aliphatic heterocycles. The number of para-hydroxylation sites is 2. The first-order valence-electron chi connectivity index (χ1n) is 8.99. The lowest BCUT2D eigenvalue weighted by molar-refractivity contribution is -0.121. The normalized spacial score (nSPS) is 13.7. The molecule has 0 bridgehead atoms. The van der Waals surface area contributed by atoms with Crippen LogP contribution in [-0.4, -0.2) is 24.2 Å². The summed E-state index contributed by atoms with van der Waals surface area (Å²) in [6.07, 6.45) is 3.28. The lowest BCUT2D eigenvalue weighted by atomic mass is 9.87. The van der Waals surface area contributed by atoms with Gasteiger partial charge in [0.2, 0.25) is 12.7 Å². The van der Waals surface area contributed by atoms with Crippen LogP contribution in [0.2, 0.25) is 0 Å². The largest absolute Gasteiger partial charge is 0.454 e. The molecule has 3 aromatic rings. The van der Waals surface area contributed by atoms with E-state index in [4.69, 9.17) is 9.47 Å². The molecule has 26 heavy (non-hydrogen) atoms. The average Bonchev–Trinajstić information content (AvgIpc) is 3.31. The van der Waals surface area contributed by atoms with E-state index in [1.165, 1.54) is 0 Å². The number of H-pyrrole nitrogens is 1. The quantitative estimate of drug-likeness (QED) is 0.708. The molecule has 5 nitrogen and oxygen atoms in total. The second kappa shape index (κ2) is 7.12. The van der Waals surface area contributed by atoms with Crippen LogP contribution in [0.4, 0.5) is 0 Å². The molecule has 2 heterocycles. The number of hydrogen-bond donors (Lipinski definition) is 2. The van der Waals surface area contributed by atoms with Crippen molar-refractivity contribution in [2.24, 2.45) is 0 Å². The van der Waals surface area contributed by atoms with E-state index in [9.17, 15) is 4.79 Å². The second-order valence-electron chi connectivity index (χ2n) is 6.48. The monoisotopic (exact) mass is 350 g/mol. The van der Waals surface area contributed by atoms with Gasteiger partial charge in [0.1, 0.15) is 0 Å². The number of nitrogens with one attached hydrogen (secondary N) is 2. The molecule has 0 radical (unpaired) electrons. The highest BCUT2D eigenvalue weighted by Crippen LogP contribution is 2.43. The smallest absolute Gasteiger partial charge is 0.231 e. The van der Waals surface area contributed by atoms with Gasteiger partial charge in [-0.15, -0.1) is 0 Å². The van der Waals surface area contributed by atoms with Gasteiger partial charge in [0, 0.05) is 41.5 Å². The van der Waals surface area contributed by atoms with Crippen molar-refractivity contribution in [3.63, 3.8) is 0 Å². The van der Waals surface area contributed by atoms with Crippen molar-refractivity contribution < 1.29 is 14.3 Å². The van der Waals surface area contributed by atoms with Crippen molar-refractivity contribution in [2.75, 3.05) is 13.3 Å². The standard InChI is InChI=1S/C21H22N2O3/c1-2-10-22-20(24)11-16(15-7-5-9-19-21(15)26-13-25-19)17-12-23-18-8-4-3-6-14(17)18/h3-9,12,16,23H,2,10-11,13H2,1H3,(H,22,24). The summed E-state index contributed by atoms with van der Waals surface area (Å²) in [5, 5.41) is 4.11. The van der Waals surface area contributed by atoms with Gasteiger partial charge in [0.15, 0.2) is 11.5 Å². The Bertz CT molecular complexity index is 932. The molecule has 134 valence electrons. The fourth-order valence-corrected chi connectivity index (χ4v) is 3.52. The highest BCUT2D eigenvalue weighted by atomic mass is 16.7. The van der Waals surface area contributed by atoms with Crippen molar-refractivity contribution in [2.45, 2.75) is 25.7 Å². The molecule has 5 heteroatoms. The number of ether oxygens (including phenoxy) is 2. The number of amides is 1. The van der Waals surface area contributed by atoms with Crippen LogP contribution in [-0.2, 0) is 4.79 Å². The highest BCUT2D eigenvalue weighted by molar-refractivity contribution is 5.86. The van der Waals surface area contributed by atoms with E-state index in [0.717, 1.165) is 39.9 Å². The zero-order valence-electron chi connectivity index (χ0n) is 14.7. The number of carbonyl (C=O) groups excluding carboxylic acids is 1. The Morgan fingerprint density at radius 2 is 2.04 bits per heavy atom. The molecular formula is C21H22N2O3. The lowest BCUT2D eigenvalue weighted by Gasteiger charge is -2.19. The van der Waals surface area contributed by atoms with Gasteiger partial charge in [-0.1, -0.05) is 37.3 Å². The summed E-state index contributed by atoms with van der Waals surface area (Å²) in [7, 11) is 0. The Kier molecular flexibility index (Phi) is 4.52. The number of aromatic nitrogens is 1. The lowest BCUT2D eigenvalue weighted by Crippen LogP contribution is -2.26. The van der Waals surface area contributed by atoms with Crippen LogP contribution in [0.25, 0.3) is 10.9 Å². The van der Waals surface area contributed by atoms with Crippen molar-refractivity contribution >= 4 is 16.8 Å². The number of rotatable bonds is 6. The number of aromatic amines is 1. The Morgan fingerprint density at radius 1 is 1.15 bits per heavy atom. The van der Waals surface area contributed by atoms with Crippen molar-refractivity contribution in [3.8, 4) is 11.5 Å². The van der Waals surface area contributed by atoms with Crippen molar-refractivity contribution in [3.05, 3.63) is 59.8 Å². The van der Waals surface area contributed by atoms with Crippen molar-refractivity contribution in [1.29, 1.82) is 0 Å². The first-order chi connectivity index (χ1) is 12.8. The number of hydrogen-bond acceptors (Lipinski definition) is 3. The predicted octanol–water partition coefficient (Wildman–Crippen LogP) is 3.94. The first-order valence-corrected chi connectivity index (χ1v) is 8.99. The molecule has 1 amide bonds. The van der Waals surface area contributed by atoms with E-state index < -0.39 is 0 Å². The number of carbonyl (C=O) groups is 1. The van der Waals surface area contributed by atoms with Crippen LogP contribution in [0.5, 0.6) is 11.5 Å². The van der Waals surface area contributed by atoms with Crippen LogP contribution >= 0.6 is 0 Å². The summed E-state index contributed by atoms with van der Waals surface area (Å²) >= 11 is 0. The fraction of sp³-hybridized carbons (Fsp3) is 0.286.